The zero-order chi connectivity index (χ0) is 23.8. The van der Waals surface area contributed by atoms with E-state index in [2.05, 4.69) is 5.32 Å². The van der Waals surface area contributed by atoms with Crippen LogP contribution >= 0.6 is 0 Å². The number of hydrogen-bond donors (Lipinski definition) is 1. The van der Waals surface area contributed by atoms with Gasteiger partial charge in [-0.05, 0) is 18.1 Å². The maximum atomic E-state index is 13.1. The number of ether oxygens (including phenoxy) is 1. The minimum absolute atomic E-state index is 0.0573. The number of Topliss-reactive ketones (excluding diaryl/α,β-unsaturated/α-hetero) is 1. The van der Waals surface area contributed by atoms with Gasteiger partial charge in [-0.2, -0.15) is 0 Å². The van der Waals surface area contributed by atoms with Crippen LogP contribution in [-0.4, -0.2) is 35.2 Å². The molecule has 168 valence electrons. The summed E-state index contributed by atoms with van der Waals surface area (Å²) in [6.45, 7) is 0.867. The zero-order valence-corrected chi connectivity index (χ0v) is 17.8. The van der Waals surface area contributed by atoms with Crippen LogP contribution in [0.4, 0.5) is 5.69 Å². The molecule has 0 bridgehead atoms. The van der Waals surface area contributed by atoms with Crippen molar-refractivity contribution in [2.24, 2.45) is 0 Å². The Hall–Kier alpha value is -4.33. The summed E-state index contributed by atoms with van der Waals surface area (Å²) in [4.78, 5) is 48.0. The van der Waals surface area contributed by atoms with Gasteiger partial charge in [0, 0.05) is 17.7 Å². The van der Waals surface area contributed by atoms with Gasteiger partial charge in [-0.3, -0.25) is 19.7 Å². The second kappa shape index (κ2) is 10.8. The number of hydrogen-bond acceptors (Lipinski definition) is 6. The summed E-state index contributed by atoms with van der Waals surface area (Å²) in [6.07, 6.45) is 0. The van der Waals surface area contributed by atoms with E-state index in [-0.39, 0.29) is 17.2 Å². The van der Waals surface area contributed by atoms with Gasteiger partial charge in [0.05, 0.1) is 10.8 Å². The van der Waals surface area contributed by atoms with Crippen LogP contribution in [-0.2, 0) is 14.3 Å². The van der Waals surface area contributed by atoms with E-state index in [4.69, 9.17) is 4.74 Å². The first-order valence-corrected chi connectivity index (χ1v) is 10.2. The Morgan fingerprint density at radius 3 is 2.03 bits per heavy atom. The second-order valence-electron chi connectivity index (χ2n) is 7.32. The van der Waals surface area contributed by atoms with E-state index in [1.807, 2.05) is 60.7 Å². The molecule has 3 aromatic carbocycles. The van der Waals surface area contributed by atoms with Gasteiger partial charge < -0.3 is 10.1 Å². The van der Waals surface area contributed by atoms with Gasteiger partial charge in [0.25, 0.3) is 5.69 Å². The number of nitrogens with one attached hydrogen (secondary N) is 1. The van der Waals surface area contributed by atoms with Crippen molar-refractivity contribution in [3.05, 3.63) is 112 Å². The molecule has 0 saturated heterocycles. The highest BCUT2D eigenvalue weighted by atomic mass is 16.6. The van der Waals surface area contributed by atoms with E-state index in [1.165, 1.54) is 25.1 Å². The van der Waals surface area contributed by atoms with Crippen molar-refractivity contribution in [3.8, 4) is 0 Å². The smallest absolute Gasteiger partial charge is 0.328 e. The number of carbonyl (C=O) groups is 3. The molecule has 0 radical (unpaired) electrons. The summed E-state index contributed by atoms with van der Waals surface area (Å²) < 4.78 is 5.04. The average Bonchev–Trinajstić information content (AvgIpc) is 2.83. The van der Waals surface area contributed by atoms with E-state index < -0.39 is 35.2 Å². The molecular formula is C25H22N2O6. The molecule has 0 aliphatic rings. The minimum atomic E-state index is -1.01. The normalized spacial score (nSPS) is 11.5. The van der Waals surface area contributed by atoms with Crippen LogP contribution in [0.5, 0.6) is 0 Å². The van der Waals surface area contributed by atoms with Gasteiger partial charge in [0.15, 0.2) is 6.61 Å². The summed E-state index contributed by atoms with van der Waals surface area (Å²) in [5.74, 6) is -2.39. The molecule has 1 amide bonds. The lowest BCUT2D eigenvalue weighted by Gasteiger charge is -2.20. The van der Waals surface area contributed by atoms with Gasteiger partial charge in [0.2, 0.25) is 11.7 Å². The number of benzene rings is 3. The molecule has 0 heterocycles. The van der Waals surface area contributed by atoms with Crippen LogP contribution in [0.2, 0.25) is 0 Å². The fourth-order valence-corrected chi connectivity index (χ4v) is 3.28. The van der Waals surface area contributed by atoms with E-state index >= 15 is 0 Å². The van der Waals surface area contributed by atoms with Crippen LogP contribution in [0.25, 0.3) is 0 Å². The Morgan fingerprint density at radius 2 is 1.48 bits per heavy atom. The fourth-order valence-electron chi connectivity index (χ4n) is 3.28. The molecule has 3 rings (SSSR count). The van der Waals surface area contributed by atoms with Gasteiger partial charge in [0.1, 0.15) is 6.04 Å². The maximum absolute atomic E-state index is 13.1. The average molecular weight is 446 g/mol. The van der Waals surface area contributed by atoms with E-state index in [0.29, 0.717) is 0 Å². The van der Waals surface area contributed by atoms with E-state index in [0.717, 1.165) is 17.2 Å². The lowest BCUT2D eigenvalue weighted by atomic mass is 9.90. The number of non-ortho nitro benzene ring substituents is 1. The molecule has 0 unspecified atom stereocenters. The van der Waals surface area contributed by atoms with Gasteiger partial charge in [-0.1, -0.05) is 72.8 Å². The summed E-state index contributed by atoms with van der Waals surface area (Å²) in [6, 6.07) is 22.5. The van der Waals surface area contributed by atoms with Crippen LogP contribution in [0, 0.1) is 10.1 Å². The number of nitro benzene ring substituents is 1. The first-order chi connectivity index (χ1) is 15.9. The first-order valence-electron chi connectivity index (χ1n) is 10.2. The zero-order valence-electron chi connectivity index (χ0n) is 17.8. The predicted molar refractivity (Wildman–Crippen MR) is 121 cm³/mol. The van der Waals surface area contributed by atoms with Crippen LogP contribution in [0.1, 0.15) is 34.3 Å². The molecule has 3 aromatic rings. The van der Waals surface area contributed by atoms with Gasteiger partial charge in [-0.25, -0.2) is 4.79 Å². The van der Waals surface area contributed by atoms with Crippen molar-refractivity contribution in [3.63, 3.8) is 0 Å². The third-order valence-corrected chi connectivity index (χ3v) is 4.96. The van der Waals surface area contributed by atoms with Crippen LogP contribution in [0.3, 0.4) is 0 Å². The van der Waals surface area contributed by atoms with Crippen molar-refractivity contribution in [2.45, 2.75) is 18.9 Å². The summed E-state index contributed by atoms with van der Waals surface area (Å²) in [5, 5.41) is 13.5. The van der Waals surface area contributed by atoms with Crippen molar-refractivity contribution in [2.75, 3.05) is 6.61 Å². The predicted octanol–water partition coefficient (Wildman–Crippen LogP) is 3.66. The number of nitrogens with zero attached hydrogens (tertiary/aromatic N) is 1. The van der Waals surface area contributed by atoms with E-state index in [1.54, 1.807) is 0 Å². The Balaban J connectivity index is 1.64. The van der Waals surface area contributed by atoms with Crippen molar-refractivity contribution in [1.82, 2.24) is 5.32 Å². The third kappa shape index (κ3) is 6.10. The lowest BCUT2D eigenvalue weighted by Crippen LogP contribution is -2.42. The van der Waals surface area contributed by atoms with E-state index in [9.17, 15) is 24.5 Å². The molecule has 1 atom stereocenters. The molecule has 0 aliphatic carbocycles. The van der Waals surface area contributed by atoms with Crippen molar-refractivity contribution < 1.29 is 24.0 Å². The summed E-state index contributed by atoms with van der Waals surface area (Å²) in [5.41, 5.74) is 1.35. The number of nitro groups is 1. The van der Waals surface area contributed by atoms with Gasteiger partial charge >= 0.3 is 5.97 Å². The second-order valence-corrected chi connectivity index (χ2v) is 7.32. The number of ketones is 1. The topological polar surface area (TPSA) is 116 Å². The number of rotatable bonds is 9. The minimum Gasteiger partial charge on any atom is -0.456 e. The fraction of sp³-hybridized carbons (Fsp3) is 0.160. The number of esters is 1. The molecule has 8 nitrogen and oxygen atoms in total. The highest BCUT2D eigenvalue weighted by Gasteiger charge is 2.26. The Morgan fingerprint density at radius 1 is 0.909 bits per heavy atom. The largest absolute Gasteiger partial charge is 0.456 e. The molecule has 0 fully saturated rings. The van der Waals surface area contributed by atoms with Gasteiger partial charge in [-0.15, -0.1) is 0 Å². The summed E-state index contributed by atoms with van der Waals surface area (Å²) >= 11 is 0. The number of amides is 1. The molecule has 0 spiro atoms. The first kappa shape index (κ1) is 23.3. The molecule has 0 aliphatic heterocycles. The lowest BCUT2D eigenvalue weighted by molar-refractivity contribution is -0.384. The Bertz CT molecular complexity index is 1110. The highest BCUT2D eigenvalue weighted by molar-refractivity contribution is 5.99. The molecule has 1 N–H and O–H groups in total. The monoisotopic (exact) mass is 446 g/mol. The molecular weight excluding hydrogens is 424 g/mol. The van der Waals surface area contributed by atoms with Crippen molar-refractivity contribution in [1.29, 1.82) is 0 Å². The van der Waals surface area contributed by atoms with Crippen LogP contribution < -0.4 is 5.32 Å². The highest BCUT2D eigenvalue weighted by Crippen LogP contribution is 2.25. The maximum Gasteiger partial charge on any atom is 0.328 e. The Kier molecular flexibility index (Phi) is 7.64. The quantitative estimate of drug-likeness (QED) is 0.232. The molecule has 33 heavy (non-hydrogen) atoms. The van der Waals surface area contributed by atoms with Crippen LogP contribution in [0.15, 0.2) is 84.9 Å². The SMILES string of the molecule is C[C@H](NC(=O)C(c1ccccc1)c1ccccc1)C(=O)OCC(=O)c1cccc([N+](=O)[O-])c1. The summed E-state index contributed by atoms with van der Waals surface area (Å²) in [7, 11) is 0. The Labute approximate surface area is 190 Å². The molecule has 0 aromatic heterocycles. The standard InChI is InChI=1S/C25H22N2O6/c1-17(25(30)33-16-22(28)20-13-8-14-21(15-20)27(31)32)26-24(29)23(18-9-4-2-5-10-18)19-11-6-3-7-12-19/h2-15,17,23H,16H2,1H3,(H,26,29)/t17-/m0/s1. The van der Waals surface area contributed by atoms with Crippen molar-refractivity contribution >= 4 is 23.3 Å². The molecule has 8 heteroatoms. The number of carbonyl (C=O) groups excluding carboxylic acids is 3. The third-order valence-electron chi connectivity index (χ3n) is 4.96. The molecule has 0 saturated carbocycles.